The molecule has 1 fully saturated rings. The van der Waals surface area contributed by atoms with Gasteiger partial charge in [-0.1, -0.05) is 18.2 Å². The molecular weight excluding hydrogens is 400 g/mol. The van der Waals surface area contributed by atoms with Crippen molar-refractivity contribution < 1.29 is 9.59 Å². The first-order chi connectivity index (χ1) is 14.2. The van der Waals surface area contributed by atoms with E-state index in [4.69, 9.17) is 0 Å². The number of benzene rings is 2. The number of hydrogen-bond donors (Lipinski definition) is 4. The van der Waals surface area contributed by atoms with Crippen LogP contribution in [0.2, 0.25) is 0 Å². The number of hydrogen-bond acceptors (Lipinski definition) is 3. The molecule has 1 aliphatic carbocycles. The van der Waals surface area contributed by atoms with E-state index in [2.05, 4.69) is 27.3 Å². The van der Waals surface area contributed by atoms with Gasteiger partial charge in [-0.25, -0.2) is 4.79 Å². The van der Waals surface area contributed by atoms with Crippen molar-refractivity contribution >= 4 is 41.4 Å². The van der Waals surface area contributed by atoms with Crippen molar-refractivity contribution in [3.8, 4) is 0 Å². The third-order valence-corrected chi connectivity index (χ3v) is 5.74. The first-order valence-corrected chi connectivity index (χ1v) is 10.5. The van der Waals surface area contributed by atoms with Gasteiger partial charge in [0.2, 0.25) is 5.91 Å². The minimum Gasteiger partial charge on any atom is -0.326 e. The first kappa shape index (κ1) is 22.1. The fourth-order valence-electron chi connectivity index (χ4n) is 4.19. The number of halogens is 1. The van der Waals surface area contributed by atoms with Crippen molar-refractivity contribution in [1.29, 1.82) is 0 Å². The number of urea groups is 1. The number of amides is 3. The topological polar surface area (TPSA) is 82.3 Å². The second-order valence-corrected chi connectivity index (χ2v) is 7.82. The summed E-state index contributed by atoms with van der Waals surface area (Å²) in [5, 5.41) is 12.1. The summed E-state index contributed by atoms with van der Waals surface area (Å²) in [5.74, 6) is 0.0874. The summed E-state index contributed by atoms with van der Waals surface area (Å²) in [7, 11) is 0. The Bertz CT molecular complexity index is 897. The lowest BCUT2D eigenvalue weighted by Gasteiger charge is -2.22. The van der Waals surface area contributed by atoms with E-state index in [9.17, 15) is 9.59 Å². The van der Waals surface area contributed by atoms with Crippen molar-refractivity contribution in [3.63, 3.8) is 0 Å². The predicted molar refractivity (Wildman–Crippen MR) is 124 cm³/mol. The quantitative estimate of drug-likeness (QED) is 0.575. The van der Waals surface area contributed by atoms with Crippen molar-refractivity contribution in [3.05, 3.63) is 53.6 Å². The third-order valence-electron chi connectivity index (χ3n) is 5.74. The highest BCUT2D eigenvalue weighted by Crippen LogP contribution is 2.28. The van der Waals surface area contributed by atoms with Gasteiger partial charge < -0.3 is 21.3 Å². The molecule has 2 aromatic rings. The van der Waals surface area contributed by atoms with Crippen LogP contribution in [0.1, 0.15) is 36.8 Å². The van der Waals surface area contributed by atoms with Crippen molar-refractivity contribution in [2.24, 2.45) is 5.92 Å². The van der Waals surface area contributed by atoms with Crippen LogP contribution in [0, 0.1) is 5.92 Å². The van der Waals surface area contributed by atoms with Gasteiger partial charge in [0, 0.05) is 23.0 Å². The summed E-state index contributed by atoms with van der Waals surface area (Å²) < 4.78 is 0. The number of anilines is 3. The van der Waals surface area contributed by atoms with E-state index in [-0.39, 0.29) is 30.3 Å². The number of nitrogens with one attached hydrogen (secondary N) is 4. The largest absolute Gasteiger partial charge is 0.326 e. The highest BCUT2D eigenvalue weighted by molar-refractivity contribution is 6.01. The summed E-state index contributed by atoms with van der Waals surface area (Å²) in [5.41, 5.74) is 4.81. The average molecular weight is 429 g/mol. The zero-order valence-corrected chi connectivity index (χ0v) is 17.8. The van der Waals surface area contributed by atoms with Crippen molar-refractivity contribution in [1.82, 2.24) is 5.32 Å². The van der Waals surface area contributed by atoms with Gasteiger partial charge in [0.1, 0.15) is 0 Å². The van der Waals surface area contributed by atoms with Gasteiger partial charge >= 0.3 is 6.03 Å². The first-order valence-electron chi connectivity index (χ1n) is 10.5. The molecule has 0 bridgehead atoms. The lowest BCUT2D eigenvalue weighted by molar-refractivity contribution is -0.120. The van der Waals surface area contributed by atoms with Crippen LogP contribution in [0.3, 0.4) is 0 Å². The van der Waals surface area contributed by atoms with Crippen molar-refractivity contribution in [2.75, 3.05) is 29.0 Å². The van der Waals surface area contributed by atoms with Gasteiger partial charge in [-0.3, -0.25) is 4.79 Å². The monoisotopic (exact) mass is 428 g/mol. The molecule has 1 aliphatic heterocycles. The summed E-state index contributed by atoms with van der Waals surface area (Å²) in [6.07, 6.45) is 6.15. The van der Waals surface area contributed by atoms with Gasteiger partial charge in [-0.15, -0.1) is 12.4 Å². The molecule has 1 saturated heterocycles. The second-order valence-electron chi connectivity index (χ2n) is 7.82. The van der Waals surface area contributed by atoms with Crippen LogP contribution in [0.5, 0.6) is 0 Å². The van der Waals surface area contributed by atoms with Crippen LogP contribution in [-0.2, 0) is 17.6 Å². The lowest BCUT2D eigenvalue weighted by Crippen LogP contribution is -2.34. The number of carbonyl (C=O) groups is 2. The van der Waals surface area contributed by atoms with E-state index in [1.807, 2.05) is 30.3 Å². The molecule has 3 amide bonds. The molecule has 7 heteroatoms. The molecule has 2 aliphatic rings. The van der Waals surface area contributed by atoms with Gasteiger partial charge in [0.25, 0.3) is 0 Å². The Morgan fingerprint density at radius 2 is 1.57 bits per heavy atom. The molecule has 6 nitrogen and oxygen atoms in total. The van der Waals surface area contributed by atoms with Gasteiger partial charge in [-0.05, 0) is 87.0 Å². The van der Waals surface area contributed by atoms with E-state index in [1.54, 1.807) is 6.07 Å². The van der Waals surface area contributed by atoms with Crippen LogP contribution < -0.4 is 21.3 Å². The Morgan fingerprint density at radius 3 is 2.37 bits per heavy atom. The minimum absolute atomic E-state index is 0. The van der Waals surface area contributed by atoms with E-state index in [1.165, 1.54) is 17.5 Å². The van der Waals surface area contributed by atoms with E-state index in [0.717, 1.165) is 50.9 Å². The normalized spacial score (nSPS) is 16.0. The second kappa shape index (κ2) is 10.5. The van der Waals surface area contributed by atoms with Crippen LogP contribution in [0.15, 0.2) is 42.5 Å². The number of rotatable bonds is 4. The zero-order valence-electron chi connectivity index (χ0n) is 17.0. The van der Waals surface area contributed by atoms with Gasteiger partial charge in [0.05, 0.1) is 0 Å². The predicted octanol–water partition coefficient (Wildman–Crippen LogP) is 4.57. The standard InChI is InChI=1S/C23H28N4O2.ClH/c28-22(17-11-13-24-14-12-17)25-18-7-4-8-19(15-18)26-23(29)27-21-10-3-6-16-5-1-2-9-20(16)21;/h3-4,6-8,10,15,17,24H,1-2,5,9,11-14H2,(H,25,28)(H2,26,27,29);1H. The molecule has 1 heterocycles. The third kappa shape index (κ3) is 5.52. The summed E-state index contributed by atoms with van der Waals surface area (Å²) in [4.78, 5) is 25.0. The molecule has 160 valence electrons. The molecule has 0 radical (unpaired) electrons. The maximum absolute atomic E-state index is 12.5. The fraction of sp³-hybridized carbons (Fsp3) is 0.391. The summed E-state index contributed by atoms with van der Waals surface area (Å²) in [6, 6.07) is 13.1. The molecule has 4 rings (SSSR count). The minimum atomic E-state index is -0.272. The van der Waals surface area contributed by atoms with E-state index >= 15 is 0 Å². The fourth-order valence-corrected chi connectivity index (χ4v) is 4.19. The molecule has 0 spiro atoms. The molecule has 30 heavy (non-hydrogen) atoms. The molecule has 0 unspecified atom stereocenters. The summed E-state index contributed by atoms with van der Waals surface area (Å²) in [6.45, 7) is 1.76. The molecule has 2 aromatic carbocycles. The Labute approximate surface area is 183 Å². The lowest BCUT2D eigenvalue weighted by atomic mass is 9.90. The summed E-state index contributed by atoms with van der Waals surface area (Å²) >= 11 is 0. The zero-order chi connectivity index (χ0) is 20.1. The maximum Gasteiger partial charge on any atom is 0.323 e. The molecule has 0 saturated carbocycles. The van der Waals surface area contributed by atoms with Crippen LogP contribution in [-0.4, -0.2) is 25.0 Å². The Kier molecular flexibility index (Phi) is 7.71. The maximum atomic E-state index is 12.5. The number of aryl methyl sites for hydroxylation is 1. The highest BCUT2D eigenvalue weighted by Gasteiger charge is 2.21. The van der Waals surface area contributed by atoms with Gasteiger partial charge in [-0.2, -0.15) is 0 Å². The van der Waals surface area contributed by atoms with E-state index in [0.29, 0.717) is 11.4 Å². The SMILES string of the molecule is Cl.O=C(Nc1cccc(NC(=O)C2CCNCC2)c1)Nc1cccc2c1CCCC2. The van der Waals surface area contributed by atoms with Crippen molar-refractivity contribution in [2.45, 2.75) is 38.5 Å². The Hall–Kier alpha value is -2.57. The average Bonchev–Trinajstić information content (AvgIpc) is 2.75. The Morgan fingerprint density at radius 1 is 0.867 bits per heavy atom. The molecular formula is C23H29ClN4O2. The van der Waals surface area contributed by atoms with Crippen LogP contribution in [0.25, 0.3) is 0 Å². The highest BCUT2D eigenvalue weighted by atomic mass is 35.5. The van der Waals surface area contributed by atoms with Crippen LogP contribution >= 0.6 is 12.4 Å². The molecule has 4 N–H and O–H groups in total. The smallest absolute Gasteiger partial charge is 0.323 e. The number of fused-ring (bicyclic) bond motifs is 1. The number of piperidine rings is 1. The van der Waals surface area contributed by atoms with Gasteiger partial charge in [0.15, 0.2) is 0 Å². The Balaban J connectivity index is 0.00000256. The van der Waals surface area contributed by atoms with E-state index < -0.39 is 0 Å². The molecule has 0 aromatic heterocycles. The number of carbonyl (C=O) groups excluding carboxylic acids is 2. The molecule has 0 atom stereocenters. The van der Waals surface area contributed by atoms with Crippen LogP contribution in [0.4, 0.5) is 21.9 Å².